The van der Waals surface area contributed by atoms with Gasteiger partial charge in [-0.05, 0) is 31.2 Å². The lowest BCUT2D eigenvalue weighted by Gasteiger charge is -2.34. The molecule has 2 aliphatic rings. The van der Waals surface area contributed by atoms with Gasteiger partial charge in [0.25, 0.3) is 0 Å². The van der Waals surface area contributed by atoms with Crippen molar-refractivity contribution in [3.05, 3.63) is 35.4 Å². The van der Waals surface area contributed by atoms with Crippen molar-refractivity contribution in [2.75, 3.05) is 0 Å². The van der Waals surface area contributed by atoms with Crippen LogP contribution in [0.25, 0.3) is 0 Å². The highest BCUT2D eigenvalue weighted by Crippen LogP contribution is 2.42. The van der Waals surface area contributed by atoms with E-state index in [2.05, 4.69) is 36.5 Å². The van der Waals surface area contributed by atoms with Crippen LogP contribution in [-0.2, 0) is 9.59 Å². The fourth-order valence-corrected chi connectivity index (χ4v) is 3.78. The Bertz CT molecular complexity index is 514. The van der Waals surface area contributed by atoms with Gasteiger partial charge >= 0.3 is 0 Å². The van der Waals surface area contributed by atoms with Crippen molar-refractivity contribution in [3.63, 3.8) is 0 Å². The van der Waals surface area contributed by atoms with Crippen molar-refractivity contribution in [3.8, 4) is 0 Å². The Morgan fingerprint density at radius 2 is 1.70 bits per heavy atom. The number of aryl methyl sites for hydroxylation is 1. The highest BCUT2D eigenvalue weighted by atomic mass is 16.2. The van der Waals surface area contributed by atoms with Crippen LogP contribution >= 0.6 is 0 Å². The Hall–Kier alpha value is -1.64. The molecule has 3 nitrogen and oxygen atoms in total. The summed E-state index contributed by atoms with van der Waals surface area (Å²) in [6.45, 7) is 2.05. The molecule has 0 radical (unpaired) electrons. The molecule has 1 saturated heterocycles. The van der Waals surface area contributed by atoms with Crippen molar-refractivity contribution in [2.45, 2.75) is 44.9 Å². The van der Waals surface area contributed by atoms with E-state index >= 15 is 0 Å². The summed E-state index contributed by atoms with van der Waals surface area (Å²) in [5, 5.41) is 2.54. The van der Waals surface area contributed by atoms with Gasteiger partial charge in [-0.25, -0.2) is 0 Å². The van der Waals surface area contributed by atoms with Gasteiger partial charge in [0.15, 0.2) is 0 Å². The van der Waals surface area contributed by atoms with Crippen LogP contribution in [0, 0.1) is 18.8 Å². The quantitative estimate of drug-likeness (QED) is 0.841. The average molecular weight is 271 g/mol. The molecule has 1 N–H and O–H groups in total. The van der Waals surface area contributed by atoms with Crippen LogP contribution < -0.4 is 5.32 Å². The average Bonchev–Trinajstić information content (AvgIpc) is 2.92. The summed E-state index contributed by atoms with van der Waals surface area (Å²) in [5.41, 5.74) is 2.34. The second-order valence-electron chi connectivity index (χ2n) is 6.20. The summed E-state index contributed by atoms with van der Waals surface area (Å²) in [7, 11) is 0. The summed E-state index contributed by atoms with van der Waals surface area (Å²) in [5.74, 6) is 0.279. The molecule has 3 rings (SSSR count). The van der Waals surface area contributed by atoms with Crippen molar-refractivity contribution >= 4 is 11.8 Å². The predicted molar refractivity (Wildman–Crippen MR) is 77.1 cm³/mol. The molecule has 0 bridgehead atoms. The minimum atomic E-state index is -0.130. The van der Waals surface area contributed by atoms with Crippen molar-refractivity contribution < 1.29 is 9.59 Å². The molecule has 2 unspecified atom stereocenters. The molecule has 3 heteroatoms. The zero-order valence-corrected chi connectivity index (χ0v) is 11.9. The van der Waals surface area contributed by atoms with E-state index in [1.165, 1.54) is 18.4 Å². The Balaban J connectivity index is 1.92. The maximum absolute atomic E-state index is 12.3. The number of nitrogens with one attached hydrogen (secondary N) is 1. The van der Waals surface area contributed by atoms with Crippen molar-refractivity contribution in [2.24, 2.45) is 11.8 Å². The number of benzene rings is 1. The number of hydrogen-bond acceptors (Lipinski definition) is 2. The molecule has 1 heterocycles. The number of rotatable bonds is 2. The van der Waals surface area contributed by atoms with Crippen molar-refractivity contribution in [1.29, 1.82) is 0 Å². The first-order valence-electron chi connectivity index (χ1n) is 7.55. The molecular weight excluding hydrogens is 250 g/mol. The van der Waals surface area contributed by atoms with E-state index in [4.69, 9.17) is 0 Å². The van der Waals surface area contributed by atoms with Crippen LogP contribution in [-0.4, -0.2) is 11.8 Å². The lowest BCUT2D eigenvalue weighted by Crippen LogP contribution is -2.47. The van der Waals surface area contributed by atoms with Crippen LogP contribution in [0.1, 0.15) is 49.1 Å². The van der Waals surface area contributed by atoms with Gasteiger partial charge in [0.05, 0.1) is 0 Å². The first kappa shape index (κ1) is 13.3. The van der Waals surface area contributed by atoms with E-state index < -0.39 is 0 Å². The number of amides is 2. The van der Waals surface area contributed by atoms with E-state index in [1.807, 2.05) is 0 Å². The van der Waals surface area contributed by atoms with E-state index in [-0.39, 0.29) is 23.7 Å². The van der Waals surface area contributed by atoms with Crippen LogP contribution in [0.5, 0.6) is 0 Å². The molecule has 1 aromatic carbocycles. The van der Waals surface area contributed by atoms with E-state index in [1.54, 1.807) is 0 Å². The molecule has 106 valence electrons. The number of carbonyl (C=O) groups excluding carboxylic acids is 2. The number of carbonyl (C=O) groups is 2. The lowest BCUT2D eigenvalue weighted by atomic mass is 9.73. The smallest absolute Gasteiger partial charge is 0.230 e. The summed E-state index contributed by atoms with van der Waals surface area (Å²) >= 11 is 0. The van der Waals surface area contributed by atoms with E-state index in [0.29, 0.717) is 12.3 Å². The third kappa shape index (κ3) is 2.49. The molecule has 1 aliphatic carbocycles. The zero-order chi connectivity index (χ0) is 14.1. The summed E-state index contributed by atoms with van der Waals surface area (Å²) in [6, 6.07) is 8.29. The standard InChI is InChI=1S/C17H21NO2/c1-11-6-8-12(9-7-11)14-10-15(19)18-17(20)16(14)13-4-2-3-5-13/h6-9,13-14,16H,2-5,10H2,1H3,(H,18,19,20). The van der Waals surface area contributed by atoms with Gasteiger partial charge in [-0.3, -0.25) is 14.9 Å². The molecule has 2 fully saturated rings. The second-order valence-corrected chi connectivity index (χ2v) is 6.20. The molecule has 2 atom stereocenters. The minimum absolute atomic E-state index is 0.0297. The van der Waals surface area contributed by atoms with E-state index in [9.17, 15) is 9.59 Å². The van der Waals surface area contributed by atoms with Gasteiger partial charge in [0, 0.05) is 18.3 Å². The minimum Gasteiger partial charge on any atom is -0.296 e. The summed E-state index contributed by atoms with van der Waals surface area (Å²) in [6.07, 6.45) is 5.10. The molecule has 1 saturated carbocycles. The fraction of sp³-hybridized carbons (Fsp3) is 0.529. The third-order valence-corrected chi connectivity index (χ3v) is 4.82. The molecule has 1 aromatic rings. The number of piperidine rings is 1. The zero-order valence-electron chi connectivity index (χ0n) is 11.9. The highest BCUT2D eigenvalue weighted by Gasteiger charge is 2.42. The Morgan fingerprint density at radius 1 is 1.05 bits per heavy atom. The lowest BCUT2D eigenvalue weighted by molar-refractivity contribution is -0.138. The predicted octanol–water partition coefficient (Wildman–Crippen LogP) is 2.93. The van der Waals surface area contributed by atoms with Gasteiger partial charge in [-0.1, -0.05) is 42.7 Å². The van der Waals surface area contributed by atoms with Gasteiger partial charge < -0.3 is 0 Å². The van der Waals surface area contributed by atoms with E-state index in [0.717, 1.165) is 18.4 Å². The van der Waals surface area contributed by atoms with Crippen LogP contribution in [0.15, 0.2) is 24.3 Å². The third-order valence-electron chi connectivity index (χ3n) is 4.82. The Labute approximate surface area is 119 Å². The largest absolute Gasteiger partial charge is 0.296 e. The van der Waals surface area contributed by atoms with Gasteiger partial charge in [-0.15, -0.1) is 0 Å². The number of imide groups is 1. The Morgan fingerprint density at radius 3 is 2.35 bits per heavy atom. The van der Waals surface area contributed by atoms with Crippen molar-refractivity contribution in [1.82, 2.24) is 5.32 Å². The number of hydrogen-bond donors (Lipinski definition) is 1. The van der Waals surface area contributed by atoms with Gasteiger partial charge in [0.2, 0.25) is 11.8 Å². The maximum Gasteiger partial charge on any atom is 0.230 e. The Kier molecular flexibility index (Phi) is 3.60. The molecule has 2 amide bonds. The first-order valence-corrected chi connectivity index (χ1v) is 7.55. The summed E-state index contributed by atoms with van der Waals surface area (Å²) < 4.78 is 0. The van der Waals surface area contributed by atoms with Gasteiger partial charge in [0.1, 0.15) is 0 Å². The fourth-order valence-electron chi connectivity index (χ4n) is 3.78. The van der Waals surface area contributed by atoms with Crippen LogP contribution in [0.3, 0.4) is 0 Å². The normalized spacial score (nSPS) is 27.6. The van der Waals surface area contributed by atoms with Crippen LogP contribution in [0.2, 0.25) is 0 Å². The molecular formula is C17H21NO2. The maximum atomic E-state index is 12.3. The molecule has 0 spiro atoms. The molecule has 20 heavy (non-hydrogen) atoms. The topological polar surface area (TPSA) is 46.2 Å². The summed E-state index contributed by atoms with van der Waals surface area (Å²) in [4.78, 5) is 24.1. The second kappa shape index (κ2) is 5.39. The monoisotopic (exact) mass is 271 g/mol. The SMILES string of the molecule is Cc1ccc(C2CC(=O)NC(=O)C2C2CCCC2)cc1. The van der Waals surface area contributed by atoms with Gasteiger partial charge in [-0.2, -0.15) is 0 Å². The first-order chi connectivity index (χ1) is 9.65. The van der Waals surface area contributed by atoms with Crippen LogP contribution in [0.4, 0.5) is 0 Å². The molecule has 1 aliphatic heterocycles. The highest BCUT2D eigenvalue weighted by molar-refractivity contribution is 6.00. The molecule has 0 aromatic heterocycles.